The molecule has 0 aliphatic heterocycles. The van der Waals surface area contributed by atoms with Gasteiger partial charge >= 0.3 is 0 Å². The van der Waals surface area contributed by atoms with E-state index in [9.17, 15) is 0 Å². The fourth-order valence-corrected chi connectivity index (χ4v) is 5.21. The first-order valence-corrected chi connectivity index (χ1v) is 15.8. The number of aryl methyl sites for hydroxylation is 2. The molecule has 0 aliphatic rings. The normalized spacial score (nSPS) is 11.4. The van der Waals surface area contributed by atoms with Crippen molar-refractivity contribution in [2.75, 3.05) is 0 Å². The molecule has 0 unspecified atom stereocenters. The molecule has 1 heterocycles. The summed E-state index contributed by atoms with van der Waals surface area (Å²) in [6, 6.07) is 4.47. The largest absolute Gasteiger partial charge is 0.261 e. The number of nitrogens with zero attached hydrogens (tertiary/aromatic N) is 1. The fourth-order valence-electron chi connectivity index (χ4n) is 5.21. The van der Waals surface area contributed by atoms with E-state index in [0.29, 0.717) is 0 Å². The van der Waals surface area contributed by atoms with Gasteiger partial charge < -0.3 is 0 Å². The first-order valence-electron chi connectivity index (χ1n) is 15.8. The van der Waals surface area contributed by atoms with Gasteiger partial charge in [0.05, 0.1) is 0 Å². The van der Waals surface area contributed by atoms with E-state index >= 15 is 0 Å². The maximum atomic E-state index is 4.74. The van der Waals surface area contributed by atoms with Crippen molar-refractivity contribution in [3.8, 4) is 0 Å². The van der Waals surface area contributed by atoms with Gasteiger partial charge in [-0.15, -0.1) is 0 Å². The highest BCUT2D eigenvalue weighted by molar-refractivity contribution is 5.20. The molecule has 0 saturated carbocycles. The second-order valence-electron chi connectivity index (χ2n) is 10.9. The van der Waals surface area contributed by atoms with Crippen molar-refractivity contribution >= 4 is 0 Å². The average Bonchev–Trinajstić information content (AvgIpc) is 2.86. The van der Waals surface area contributed by atoms with Gasteiger partial charge in [-0.3, -0.25) is 4.98 Å². The lowest BCUT2D eigenvalue weighted by Crippen LogP contribution is -1.98. The molecular weight excluding hydrogens is 410 g/mol. The summed E-state index contributed by atoms with van der Waals surface area (Å²) >= 11 is 0. The summed E-state index contributed by atoms with van der Waals surface area (Å²) in [7, 11) is 0. The van der Waals surface area contributed by atoms with Crippen molar-refractivity contribution in [3.63, 3.8) is 0 Å². The Morgan fingerprint density at radius 3 is 1.21 bits per heavy atom. The van der Waals surface area contributed by atoms with Gasteiger partial charge in [-0.05, 0) is 37.3 Å². The molecule has 1 heteroatoms. The predicted octanol–water partition coefficient (Wildman–Crippen LogP) is 11.6. The molecule has 0 aromatic carbocycles. The molecule has 34 heavy (non-hydrogen) atoms. The van der Waals surface area contributed by atoms with E-state index < -0.39 is 0 Å². The molecule has 1 nitrogen and oxygen atoms in total. The lowest BCUT2D eigenvalue weighted by Gasteiger charge is -2.09. The van der Waals surface area contributed by atoms with Crippen LogP contribution >= 0.6 is 0 Å². The second-order valence-corrected chi connectivity index (χ2v) is 10.9. The van der Waals surface area contributed by atoms with E-state index in [-0.39, 0.29) is 0 Å². The van der Waals surface area contributed by atoms with Crippen LogP contribution in [-0.2, 0) is 12.8 Å². The van der Waals surface area contributed by atoms with Crippen LogP contribution in [0.5, 0.6) is 0 Å². The summed E-state index contributed by atoms with van der Waals surface area (Å²) in [5.74, 6) is 0. The highest BCUT2D eigenvalue weighted by Crippen LogP contribution is 2.17. The maximum absolute atomic E-state index is 4.74. The van der Waals surface area contributed by atoms with E-state index in [1.807, 2.05) is 6.20 Å². The Morgan fingerprint density at radius 1 is 0.441 bits per heavy atom. The van der Waals surface area contributed by atoms with E-state index in [1.54, 1.807) is 0 Å². The maximum Gasteiger partial charge on any atom is 0.0435 e. The molecular formula is C33H61N. The van der Waals surface area contributed by atoms with Gasteiger partial charge in [-0.1, -0.05) is 161 Å². The molecule has 0 fully saturated rings. The van der Waals surface area contributed by atoms with E-state index in [4.69, 9.17) is 4.98 Å². The fraction of sp³-hybridized carbons (Fsp3) is 0.848. The molecule has 1 rings (SSSR count). The standard InChI is InChI=1S/C33H61N/c1-3-5-7-9-11-13-15-16-17-18-20-22-24-26-30-33-32(29-27-31-34-33)28-25-23-21-19-14-12-10-8-6-4-2/h27,29,31H,3-26,28,30H2,1-2H3. The summed E-state index contributed by atoms with van der Waals surface area (Å²) in [6.45, 7) is 4.60. The number of hydrogen-bond donors (Lipinski definition) is 0. The Balaban J connectivity index is 1.95. The minimum Gasteiger partial charge on any atom is -0.261 e. The summed E-state index contributed by atoms with van der Waals surface area (Å²) in [4.78, 5) is 4.74. The number of aromatic nitrogens is 1. The van der Waals surface area contributed by atoms with Crippen molar-refractivity contribution in [1.29, 1.82) is 0 Å². The van der Waals surface area contributed by atoms with E-state index in [2.05, 4.69) is 26.0 Å². The summed E-state index contributed by atoms with van der Waals surface area (Å²) < 4.78 is 0. The van der Waals surface area contributed by atoms with Crippen molar-refractivity contribution in [2.24, 2.45) is 0 Å². The van der Waals surface area contributed by atoms with Crippen molar-refractivity contribution < 1.29 is 0 Å². The quantitative estimate of drug-likeness (QED) is 0.122. The van der Waals surface area contributed by atoms with Gasteiger partial charge in [-0.25, -0.2) is 0 Å². The van der Waals surface area contributed by atoms with Crippen LogP contribution in [0.2, 0.25) is 0 Å². The molecule has 0 saturated heterocycles. The number of unbranched alkanes of at least 4 members (excludes halogenated alkanes) is 22. The van der Waals surface area contributed by atoms with Crippen LogP contribution < -0.4 is 0 Å². The molecule has 198 valence electrons. The van der Waals surface area contributed by atoms with Gasteiger partial charge in [0.15, 0.2) is 0 Å². The predicted molar refractivity (Wildman–Crippen MR) is 154 cm³/mol. The molecule has 0 aliphatic carbocycles. The van der Waals surface area contributed by atoms with Gasteiger partial charge in [0.1, 0.15) is 0 Å². The first kappa shape index (κ1) is 31.2. The lowest BCUT2D eigenvalue weighted by molar-refractivity contribution is 0.534. The Labute approximate surface area is 215 Å². The molecule has 0 N–H and O–H groups in total. The highest BCUT2D eigenvalue weighted by Gasteiger charge is 2.04. The summed E-state index contributed by atoms with van der Waals surface area (Å²) in [5, 5.41) is 0. The molecule has 1 aromatic rings. The molecule has 0 amide bonds. The van der Waals surface area contributed by atoms with Crippen LogP contribution in [0.15, 0.2) is 18.3 Å². The van der Waals surface area contributed by atoms with Crippen LogP contribution in [0.4, 0.5) is 0 Å². The van der Waals surface area contributed by atoms with Crippen LogP contribution in [0.3, 0.4) is 0 Å². The number of rotatable bonds is 26. The Kier molecular flexibility index (Phi) is 23.2. The molecule has 0 bridgehead atoms. The van der Waals surface area contributed by atoms with Gasteiger partial charge in [0, 0.05) is 11.9 Å². The molecule has 1 aromatic heterocycles. The second kappa shape index (κ2) is 25.2. The summed E-state index contributed by atoms with van der Waals surface area (Å²) in [5.41, 5.74) is 2.91. The van der Waals surface area contributed by atoms with Gasteiger partial charge in [0.2, 0.25) is 0 Å². The zero-order chi connectivity index (χ0) is 24.4. The zero-order valence-electron chi connectivity index (χ0n) is 23.6. The Morgan fingerprint density at radius 2 is 0.794 bits per heavy atom. The van der Waals surface area contributed by atoms with Crippen LogP contribution in [0, 0.1) is 0 Å². The average molecular weight is 472 g/mol. The smallest absolute Gasteiger partial charge is 0.0435 e. The number of hydrogen-bond acceptors (Lipinski definition) is 1. The van der Waals surface area contributed by atoms with Crippen LogP contribution in [-0.4, -0.2) is 4.98 Å². The molecule has 0 spiro atoms. The number of pyridine rings is 1. The topological polar surface area (TPSA) is 12.9 Å². The highest BCUT2D eigenvalue weighted by atomic mass is 14.7. The van der Waals surface area contributed by atoms with E-state index in [0.717, 1.165) is 0 Å². The SMILES string of the molecule is CCCCCCCCCCCCCCCCc1ncccc1CCCCCCCCCCCC. The van der Waals surface area contributed by atoms with Crippen LogP contribution in [0.25, 0.3) is 0 Å². The minimum atomic E-state index is 1.19. The van der Waals surface area contributed by atoms with Crippen molar-refractivity contribution in [3.05, 3.63) is 29.6 Å². The van der Waals surface area contributed by atoms with Crippen molar-refractivity contribution in [2.45, 2.75) is 181 Å². The van der Waals surface area contributed by atoms with Crippen molar-refractivity contribution in [1.82, 2.24) is 4.98 Å². The third kappa shape index (κ3) is 19.5. The third-order valence-corrected chi connectivity index (χ3v) is 7.55. The van der Waals surface area contributed by atoms with Gasteiger partial charge in [-0.2, -0.15) is 0 Å². The van der Waals surface area contributed by atoms with Crippen LogP contribution in [0.1, 0.15) is 179 Å². The van der Waals surface area contributed by atoms with Gasteiger partial charge in [0.25, 0.3) is 0 Å². The minimum absolute atomic E-state index is 1.19. The Bertz CT molecular complexity index is 523. The lowest BCUT2D eigenvalue weighted by atomic mass is 10.00. The zero-order valence-corrected chi connectivity index (χ0v) is 23.6. The summed E-state index contributed by atoms with van der Waals surface area (Å²) in [6.07, 6.45) is 38.6. The Hall–Kier alpha value is -0.850. The monoisotopic (exact) mass is 471 g/mol. The first-order chi connectivity index (χ1) is 16.9. The molecule has 0 radical (unpaired) electrons. The van der Waals surface area contributed by atoms with E-state index in [1.165, 1.54) is 178 Å². The molecule has 0 atom stereocenters. The third-order valence-electron chi connectivity index (χ3n) is 7.55.